The molecule has 0 fully saturated rings. The fourth-order valence-electron chi connectivity index (χ4n) is 1.49. The second-order valence-electron chi connectivity index (χ2n) is 3.95. The molecule has 3 heteroatoms. The van der Waals surface area contributed by atoms with Crippen LogP contribution in [-0.4, -0.2) is 20.0 Å². The first-order chi connectivity index (χ1) is 8.08. The monoisotopic (exact) mass is 234 g/mol. The Bertz CT molecular complexity index is 421. The van der Waals surface area contributed by atoms with Crippen LogP contribution in [0.3, 0.4) is 0 Å². The molecule has 1 aromatic carbocycles. The minimum atomic E-state index is 0.0451. The lowest BCUT2D eigenvalue weighted by atomic mass is 10.0. The maximum atomic E-state index is 12.0. The molecule has 0 atom stereocenters. The number of Topliss-reactive ketones (excluding diaryl/α,β-unsaturated/α-hetero) is 1. The summed E-state index contributed by atoms with van der Waals surface area (Å²) in [6.07, 6.45) is 1.14. The molecule has 0 radical (unpaired) electrons. The van der Waals surface area contributed by atoms with Gasteiger partial charge in [-0.1, -0.05) is 5.57 Å². The summed E-state index contributed by atoms with van der Waals surface area (Å²) in [5.41, 5.74) is 1.56. The fraction of sp³-hybridized carbons (Fsp3) is 0.357. The van der Waals surface area contributed by atoms with E-state index in [1.165, 1.54) is 0 Å². The van der Waals surface area contributed by atoms with Gasteiger partial charge in [-0.3, -0.25) is 4.79 Å². The zero-order valence-corrected chi connectivity index (χ0v) is 10.6. The summed E-state index contributed by atoms with van der Waals surface area (Å²) < 4.78 is 10.3. The summed E-state index contributed by atoms with van der Waals surface area (Å²) in [5.74, 6) is 1.28. The van der Waals surface area contributed by atoms with Gasteiger partial charge in [-0.25, -0.2) is 0 Å². The molecule has 0 aliphatic heterocycles. The second-order valence-corrected chi connectivity index (χ2v) is 3.95. The van der Waals surface area contributed by atoms with Gasteiger partial charge in [-0.15, -0.1) is 6.58 Å². The smallest absolute Gasteiger partial charge is 0.167 e. The molecule has 0 amide bonds. The lowest BCUT2D eigenvalue weighted by Gasteiger charge is -2.09. The van der Waals surface area contributed by atoms with Crippen molar-refractivity contribution in [2.75, 3.05) is 14.2 Å². The van der Waals surface area contributed by atoms with Crippen molar-refractivity contribution in [2.45, 2.75) is 19.8 Å². The third kappa shape index (κ3) is 3.63. The first-order valence-electron chi connectivity index (χ1n) is 5.48. The topological polar surface area (TPSA) is 35.5 Å². The molecule has 0 aliphatic rings. The Kier molecular flexibility index (Phi) is 4.76. The standard InChI is InChI=1S/C14H18O3/c1-10(2)5-7-13(15)12-9-11(16-3)6-8-14(12)17-4/h6,8-9H,1,5,7H2,2-4H3. The Labute approximate surface area is 102 Å². The maximum Gasteiger partial charge on any atom is 0.167 e. The zero-order chi connectivity index (χ0) is 12.8. The summed E-state index contributed by atoms with van der Waals surface area (Å²) in [5, 5.41) is 0. The van der Waals surface area contributed by atoms with E-state index in [0.29, 0.717) is 29.9 Å². The number of carbonyl (C=O) groups is 1. The van der Waals surface area contributed by atoms with Crippen LogP contribution in [-0.2, 0) is 0 Å². The van der Waals surface area contributed by atoms with E-state index in [1.807, 2.05) is 6.92 Å². The predicted octanol–water partition coefficient (Wildman–Crippen LogP) is 3.24. The average Bonchev–Trinajstić information content (AvgIpc) is 2.34. The molecule has 0 N–H and O–H groups in total. The van der Waals surface area contributed by atoms with Gasteiger partial charge in [0.25, 0.3) is 0 Å². The van der Waals surface area contributed by atoms with E-state index in [2.05, 4.69) is 6.58 Å². The van der Waals surface area contributed by atoms with Gasteiger partial charge in [0.2, 0.25) is 0 Å². The van der Waals surface area contributed by atoms with E-state index in [9.17, 15) is 4.79 Å². The molecule has 0 aliphatic carbocycles. The van der Waals surface area contributed by atoms with Gasteiger partial charge in [0, 0.05) is 6.42 Å². The highest BCUT2D eigenvalue weighted by Gasteiger charge is 2.13. The van der Waals surface area contributed by atoms with Crippen molar-refractivity contribution in [1.82, 2.24) is 0 Å². The summed E-state index contributed by atoms with van der Waals surface area (Å²) in [7, 11) is 3.13. The van der Waals surface area contributed by atoms with Crippen molar-refractivity contribution < 1.29 is 14.3 Å². The Morgan fingerprint density at radius 2 is 1.94 bits per heavy atom. The zero-order valence-electron chi connectivity index (χ0n) is 10.6. The third-order valence-corrected chi connectivity index (χ3v) is 2.49. The van der Waals surface area contributed by atoms with Crippen molar-refractivity contribution in [3.8, 4) is 11.5 Å². The third-order valence-electron chi connectivity index (χ3n) is 2.49. The summed E-state index contributed by atoms with van der Waals surface area (Å²) in [4.78, 5) is 12.0. The highest BCUT2D eigenvalue weighted by molar-refractivity contribution is 5.99. The van der Waals surface area contributed by atoms with Crippen molar-refractivity contribution in [3.05, 3.63) is 35.9 Å². The van der Waals surface area contributed by atoms with Crippen LogP contribution < -0.4 is 9.47 Å². The van der Waals surface area contributed by atoms with Gasteiger partial charge in [0.1, 0.15) is 11.5 Å². The minimum absolute atomic E-state index is 0.0451. The molecule has 1 aromatic rings. The summed E-state index contributed by atoms with van der Waals surface area (Å²) in [6, 6.07) is 5.22. The average molecular weight is 234 g/mol. The first-order valence-corrected chi connectivity index (χ1v) is 5.48. The van der Waals surface area contributed by atoms with Crippen LogP contribution >= 0.6 is 0 Å². The number of hydrogen-bond donors (Lipinski definition) is 0. The van der Waals surface area contributed by atoms with Crippen molar-refractivity contribution in [3.63, 3.8) is 0 Å². The van der Waals surface area contributed by atoms with Gasteiger partial charge < -0.3 is 9.47 Å². The Morgan fingerprint density at radius 3 is 2.47 bits per heavy atom. The number of allylic oxidation sites excluding steroid dienone is 1. The maximum absolute atomic E-state index is 12.0. The van der Waals surface area contributed by atoms with Crippen molar-refractivity contribution in [1.29, 1.82) is 0 Å². The van der Waals surface area contributed by atoms with E-state index in [-0.39, 0.29) is 5.78 Å². The molecule has 92 valence electrons. The van der Waals surface area contributed by atoms with Gasteiger partial charge in [-0.05, 0) is 31.5 Å². The first kappa shape index (κ1) is 13.3. The number of hydrogen-bond acceptors (Lipinski definition) is 3. The molecule has 0 saturated heterocycles. The van der Waals surface area contributed by atoms with Gasteiger partial charge in [0.05, 0.1) is 19.8 Å². The summed E-state index contributed by atoms with van der Waals surface area (Å²) in [6.45, 7) is 5.70. The molecule has 1 rings (SSSR count). The molecule has 17 heavy (non-hydrogen) atoms. The number of benzene rings is 1. The van der Waals surface area contributed by atoms with Crippen LogP contribution in [0.1, 0.15) is 30.1 Å². The highest BCUT2D eigenvalue weighted by Crippen LogP contribution is 2.25. The quantitative estimate of drug-likeness (QED) is 0.560. The lowest BCUT2D eigenvalue weighted by molar-refractivity contribution is 0.0979. The van der Waals surface area contributed by atoms with Crippen LogP contribution in [0.15, 0.2) is 30.4 Å². The molecule has 0 aromatic heterocycles. The highest BCUT2D eigenvalue weighted by atomic mass is 16.5. The largest absolute Gasteiger partial charge is 0.497 e. The second kappa shape index (κ2) is 6.09. The lowest BCUT2D eigenvalue weighted by Crippen LogP contribution is -2.03. The molecule has 0 saturated carbocycles. The Morgan fingerprint density at radius 1 is 1.24 bits per heavy atom. The molecule has 3 nitrogen and oxygen atoms in total. The molecule has 0 bridgehead atoms. The molecular formula is C14H18O3. The molecule has 0 heterocycles. The predicted molar refractivity (Wildman–Crippen MR) is 67.9 cm³/mol. The van der Waals surface area contributed by atoms with Gasteiger partial charge >= 0.3 is 0 Å². The van der Waals surface area contributed by atoms with Crippen LogP contribution in [0.4, 0.5) is 0 Å². The van der Waals surface area contributed by atoms with E-state index < -0.39 is 0 Å². The number of carbonyl (C=O) groups excluding carboxylic acids is 1. The fourth-order valence-corrected chi connectivity index (χ4v) is 1.49. The van der Waals surface area contributed by atoms with Crippen LogP contribution in [0, 0.1) is 0 Å². The van der Waals surface area contributed by atoms with Crippen molar-refractivity contribution in [2.24, 2.45) is 0 Å². The van der Waals surface area contributed by atoms with E-state index in [0.717, 1.165) is 5.57 Å². The normalized spacial score (nSPS) is 9.82. The SMILES string of the molecule is C=C(C)CCC(=O)c1cc(OC)ccc1OC. The van der Waals surface area contributed by atoms with Crippen LogP contribution in [0.5, 0.6) is 11.5 Å². The number of ketones is 1. The number of ether oxygens (including phenoxy) is 2. The van der Waals surface area contributed by atoms with E-state index in [1.54, 1.807) is 32.4 Å². The van der Waals surface area contributed by atoms with E-state index >= 15 is 0 Å². The minimum Gasteiger partial charge on any atom is -0.497 e. The molecular weight excluding hydrogens is 216 g/mol. The number of methoxy groups -OCH3 is 2. The van der Waals surface area contributed by atoms with Gasteiger partial charge in [0.15, 0.2) is 5.78 Å². The molecule has 0 spiro atoms. The molecule has 0 unspecified atom stereocenters. The van der Waals surface area contributed by atoms with Crippen molar-refractivity contribution >= 4 is 5.78 Å². The Hall–Kier alpha value is -1.77. The van der Waals surface area contributed by atoms with Crippen LogP contribution in [0.2, 0.25) is 0 Å². The van der Waals surface area contributed by atoms with Gasteiger partial charge in [-0.2, -0.15) is 0 Å². The summed E-state index contributed by atoms with van der Waals surface area (Å²) >= 11 is 0. The van der Waals surface area contributed by atoms with E-state index in [4.69, 9.17) is 9.47 Å². The number of rotatable bonds is 6. The Balaban J connectivity index is 2.93. The van der Waals surface area contributed by atoms with Crippen LogP contribution in [0.25, 0.3) is 0 Å².